The van der Waals surface area contributed by atoms with Crippen LogP contribution < -0.4 is 19.1 Å². The van der Waals surface area contributed by atoms with Crippen molar-refractivity contribution in [2.75, 3.05) is 50.6 Å². The number of ether oxygens (including phenoxy) is 4. The molecule has 0 aliphatic carbocycles. The van der Waals surface area contributed by atoms with Gasteiger partial charge < -0.3 is 23.8 Å². The number of hydrogen-bond donors (Lipinski definition) is 1. The molecule has 3 aromatic heterocycles. The van der Waals surface area contributed by atoms with Crippen LogP contribution in [0.5, 0.6) is 11.8 Å². The van der Waals surface area contributed by atoms with Crippen LogP contribution in [0.1, 0.15) is 31.2 Å². The molecule has 1 unspecified atom stereocenters. The number of methoxy groups -OCH3 is 3. The molecule has 0 saturated carbocycles. The highest BCUT2D eigenvalue weighted by Gasteiger charge is 2.39. The Morgan fingerprint density at radius 3 is 2.38 bits per heavy atom. The van der Waals surface area contributed by atoms with Gasteiger partial charge in [0.2, 0.25) is 33.7 Å². The molecule has 5 rings (SSSR count). The second kappa shape index (κ2) is 11.2. The SMILES string of the molecule is COc1ncnc(OC)c1-n1c(NS(=O)(=O)[C@@H]2C[C@H](OC)CN(c3ncc(F)cn3)C2)nnc1C1CCCO1. The molecule has 5 heterocycles. The van der Waals surface area contributed by atoms with Crippen molar-refractivity contribution in [2.24, 2.45) is 0 Å². The number of aromatic nitrogens is 7. The van der Waals surface area contributed by atoms with Gasteiger partial charge in [-0.1, -0.05) is 0 Å². The summed E-state index contributed by atoms with van der Waals surface area (Å²) in [5.74, 6) is 0.0728. The predicted octanol–water partition coefficient (Wildman–Crippen LogP) is 0.891. The number of halogens is 1. The summed E-state index contributed by atoms with van der Waals surface area (Å²) in [5.41, 5.74) is 0.218. The molecule has 0 spiro atoms. The van der Waals surface area contributed by atoms with Crippen LogP contribution in [0, 0.1) is 5.82 Å². The number of nitrogens with zero attached hydrogens (tertiary/aromatic N) is 8. The van der Waals surface area contributed by atoms with Gasteiger partial charge in [0.15, 0.2) is 17.3 Å². The van der Waals surface area contributed by atoms with E-state index in [1.807, 2.05) is 0 Å². The Bertz CT molecular complexity index is 1380. The zero-order chi connectivity index (χ0) is 27.6. The molecule has 0 bridgehead atoms. The second-order valence-corrected chi connectivity index (χ2v) is 10.9. The Morgan fingerprint density at radius 1 is 1.05 bits per heavy atom. The molecule has 2 saturated heterocycles. The van der Waals surface area contributed by atoms with Gasteiger partial charge in [0.1, 0.15) is 17.7 Å². The minimum atomic E-state index is -4.10. The second-order valence-electron chi connectivity index (χ2n) is 8.93. The molecule has 15 nitrogen and oxygen atoms in total. The van der Waals surface area contributed by atoms with E-state index >= 15 is 0 Å². The molecule has 17 heteroatoms. The first-order chi connectivity index (χ1) is 18.8. The minimum Gasteiger partial charge on any atom is -0.479 e. The molecule has 0 amide bonds. The van der Waals surface area contributed by atoms with Crippen molar-refractivity contribution >= 4 is 21.9 Å². The highest BCUT2D eigenvalue weighted by molar-refractivity contribution is 7.93. The van der Waals surface area contributed by atoms with Crippen LogP contribution in [0.15, 0.2) is 18.7 Å². The molecule has 210 valence electrons. The maximum Gasteiger partial charge on any atom is 0.245 e. The lowest BCUT2D eigenvalue weighted by molar-refractivity contribution is 0.0898. The lowest BCUT2D eigenvalue weighted by Gasteiger charge is -2.36. The molecular weight excluding hydrogens is 537 g/mol. The number of sulfonamides is 1. The van der Waals surface area contributed by atoms with Crippen molar-refractivity contribution in [3.8, 4) is 17.4 Å². The standard InChI is InChI=1S/C22H28FN9O6S/c1-35-14-7-15(11-31(10-14)21-24-8-13(23)9-25-21)39(33,34)30-22-29-28-18(16-5-4-6-38-16)32(22)17-19(36-2)26-12-27-20(17)37-3/h8-9,12,14-16H,4-7,10-11H2,1-3H3,(H,29,30)/t14-,15+,16?/m0/s1. The van der Waals surface area contributed by atoms with E-state index in [0.29, 0.717) is 25.4 Å². The Balaban J connectivity index is 1.52. The van der Waals surface area contributed by atoms with Crippen molar-refractivity contribution in [2.45, 2.75) is 36.7 Å². The van der Waals surface area contributed by atoms with Gasteiger partial charge in [0.05, 0.1) is 32.7 Å². The van der Waals surface area contributed by atoms with Crippen LogP contribution in [0.2, 0.25) is 0 Å². The van der Waals surface area contributed by atoms with Crippen molar-refractivity contribution < 1.29 is 31.8 Å². The fourth-order valence-corrected chi connectivity index (χ4v) is 6.05. The maximum absolute atomic E-state index is 13.8. The number of piperidine rings is 1. The molecule has 39 heavy (non-hydrogen) atoms. The fourth-order valence-electron chi connectivity index (χ4n) is 4.66. The number of hydrogen-bond acceptors (Lipinski definition) is 13. The number of nitrogens with one attached hydrogen (secondary N) is 1. The third-order valence-electron chi connectivity index (χ3n) is 6.54. The van der Waals surface area contributed by atoms with Crippen LogP contribution in [0.3, 0.4) is 0 Å². The molecule has 0 aromatic carbocycles. The van der Waals surface area contributed by atoms with Gasteiger partial charge in [-0.3, -0.25) is 9.29 Å². The summed E-state index contributed by atoms with van der Waals surface area (Å²) in [5, 5.41) is 7.46. The van der Waals surface area contributed by atoms with E-state index in [1.54, 1.807) is 4.90 Å². The third kappa shape index (κ3) is 5.41. The first-order valence-electron chi connectivity index (χ1n) is 12.1. The fraction of sp³-hybridized carbons (Fsp3) is 0.545. The van der Waals surface area contributed by atoms with Crippen molar-refractivity contribution in [3.63, 3.8) is 0 Å². The molecule has 2 aliphatic rings. The van der Waals surface area contributed by atoms with Crippen molar-refractivity contribution in [1.29, 1.82) is 0 Å². The summed E-state index contributed by atoms with van der Waals surface area (Å²) >= 11 is 0. The van der Waals surface area contributed by atoms with Gasteiger partial charge in [-0.05, 0) is 19.3 Å². The Morgan fingerprint density at radius 2 is 1.77 bits per heavy atom. The van der Waals surface area contributed by atoms with Crippen LogP contribution in [0.4, 0.5) is 16.3 Å². The van der Waals surface area contributed by atoms with E-state index in [9.17, 15) is 12.8 Å². The number of anilines is 2. The highest BCUT2D eigenvalue weighted by Crippen LogP contribution is 2.37. The summed E-state index contributed by atoms with van der Waals surface area (Å²) in [6, 6.07) is 0. The Labute approximate surface area is 223 Å². The van der Waals surface area contributed by atoms with Gasteiger partial charge in [-0.25, -0.2) is 22.8 Å². The molecule has 2 aliphatic heterocycles. The average molecular weight is 566 g/mol. The molecular formula is C22H28FN9O6S. The zero-order valence-corrected chi connectivity index (χ0v) is 22.3. The first kappa shape index (κ1) is 26.9. The normalized spacial score (nSPS) is 21.6. The van der Waals surface area contributed by atoms with Gasteiger partial charge in [0.25, 0.3) is 0 Å². The van der Waals surface area contributed by atoms with E-state index in [2.05, 4.69) is 34.9 Å². The van der Waals surface area contributed by atoms with Gasteiger partial charge in [-0.2, -0.15) is 9.97 Å². The third-order valence-corrected chi connectivity index (χ3v) is 8.23. The molecule has 3 aromatic rings. The minimum absolute atomic E-state index is 0.0364. The zero-order valence-electron chi connectivity index (χ0n) is 21.5. The van der Waals surface area contributed by atoms with Crippen LogP contribution >= 0.6 is 0 Å². The summed E-state index contributed by atoms with van der Waals surface area (Å²) in [4.78, 5) is 17.9. The smallest absolute Gasteiger partial charge is 0.245 e. The topological polar surface area (TPSA) is 169 Å². The molecule has 3 atom stereocenters. The van der Waals surface area contributed by atoms with Gasteiger partial charge in [0, 0.05) is 26.8 Å². The lowest BCUT2D eigenvalue weighted by Crippen LogP contribution is -2.51. The Hall–Kier alpha value is -3.70. The van der Waals surface area contributed by atoms with E-state index in [-0.39, 0.29) is 42.3 Å². The summed E-state index contributed by atoms with van der Waals surface area (Å²) in [7, 11) is 0.241. The van der Waals surface area contributed by atoms with Gasteiger partial charge >= 0.3 is 0 Å². The van der Waals surface area contributed by atoms with E-state index in [1.165, 1.54) is 32.2 Å². The quantitative estimate of drug-likeness (QED) is 0.389. The monoisotopic (exact) mass is 565 g/mol. The Kier molecular flexibility index (Phi) is 7.72. The molecule has 2 fully saturated rings. The molecule has 0 radical (unpaired) electrons. The van der Waals surface area contributed by atoms with E-state index < -0.39 is 33.3 Å². The molecule has 1 N–H and O–H groups in total. The van der Waals surface area contributed by atoms with Crippen LogP contribution in [0.25, 0.3) is 5.69 Å². The van der Waals surface area contributed by atoms with Gasteiger partial charge in [-0.15, -0.1) is 10.2 Å². The van der Waals surface area contributed by atoms with E-state index in [4.69, 9.17) is 18.9 Å². The van der Waals surface area contributed by atoms with Crippen molar-refractivity contribution in [1.82, 2.24) is 34.7 Å². The van der Waals surface area contributed by atoms with Crippen LogP contribution in [-0.4, -0.2) is 95.5 Å². The highest BCUT2D eigenvalue weighted by atomic mass is 32.2. The maximum atomic E-state index is 13.8. The summed E-state index contributed by atoms with van der Waals surface area (Å²) < 4.78 is 67.2. The van der Waals surface area contributed by atoms with Crippen LogP contribution in [-0.2, 0) is 19.5 Å². The predicted molar refractivity (Wildman–Crippen MR) is 134 cm³/mol. The van der Waals surface area contributed by atoms with Crippen molar-refractivity contribution in [3.05, 3.63) is 30.4 Å². The first-order valence-corrected chi connectivity index (χ1v) is 13.7. The summed E-state index contributed by atoms with van der Waals surface area (Å²) in [6.45, 7) is 0.901. The number of rotatable bonds is 9. The summed E-state index contributed by atoms with van der Waals surface area (Å²) in [6.07, 6.45) is 4.09. The largest absolute Gasteiger partial charge is 0.479 e. The average Bonchev–Trinajstić information content (AvgIpc) is 3.62. The lowest BCUT2D eigenvalue weighted by atomic mass is 10.1. The van der Waals surface area contributed by atoms with E-state index in [0.717, 1.165) is 18.8 Å².